The van der Waals surface area contributed by atoms with Gasteiger partial charge in [-0.1, -0.05) is 0 Å². The molecule has 6 heteroatoms. The van der Waals surface area contributed by atoms with Crippen molar-refractivity contribution >= 4 is 5.97 Å². The van der Waals surface area contributed by atoms with Crippen LogP contribution in [-0.2, 0) is 9.53 Å². The maximum atomic E-state index is 13.3. The minimum atomic E-state index is -2.66. The lowest BCUT2D eigenvalue weighted by Gasteiger charge is -2.27. The first-order valence-corrected chi connectivity index (χ1v) is 5.75. The summed E-state index contributed by atoms with van der Waals surface area (Å²) in [5.41, 5.74) is 0. The molecule has 1 N–H and O–H groups in total. The monoisotopic (exact) mass is 251 g/mol. The van der Waals surface area contributed by atoms with Crippen LogP contribution >= 0.6 is 0 Å². The van der Waals surface area contributed by atoms with E-state index in [1.54, 1.807) is 4.90 Å². The topological polar surface area (TPSA) is 49.8 Å². The average Bonchev–Trinajstić information content (AvgIpc) is 2.48. The Kier molecular flexibility index (Phi) is 4.82. The zero-order chi connectivity index (χ0) is 13.1. The quantitative estimate of drug-likeness (QED) is 0.728. The lowest BCUT2D eigenvalue weighted by Crippen LogP contribution is -2.39. The average molecular weight is 251 g/mol. The number of hydrogen-bond donors (Lipinski definition) is 1. The second-order valence-electron chi connectivity index (χ2n) is 4.70. The van der Waals surface area contributed by atoms with E-state index in [1.165, 1.54) is 0 Å². The third kappa shape index (κ3) is 4.55. The molecule has 17 heavy (non-hydrogen) atoms. The minimum absolute atomic E-state index is 0.0384. The van der Waals surface area contributed by atoms with E-state index in [0.29, 0.717) is 0 Å². The zero-order valence-corrected chi connectivity index (χ0v) is 10.2. The predicted octanol–water partition coefficient (Wildman–Crippen LogP) is 1.60. The normalized spacial score (nSPS) is 24.4. The number of likely N-dealkylation sites (tertiary alicyclic amines) is 1. The number of nitrogens with zero attached hydrogens (tertiary/aromatic N) is 1. The highest BCUT2D eigenvalue weighted by molar-refractivity contribution is 5.66. The highest BCUT2D eigenvalue weighted by Crippen LogP contribution is 2.33. The number of hydrogen-bond acceptors (Lipinski definition) is 3. The highest BCUT2D eigenvalue weighted by atomic mass is 19.3. The summed E-state index contributed by atoms with van der Waals surface area (Å²) in [6, 6.07) is -0.282. The van der Waals surface area contributed by atoms with Gasteiger partial charge in [-0.25, -0.2) is 8.78 Å². The van der Waals surface area contributed by atoms with E-state index in [-0.39, 0.29) is 44.7 Å². The summed E-state index contributed by atoms with van der Waals surface area (Å²) >= 11 is 0. The van der Waals surface area contributed by atoms with Crippen molar-refractivity contribution in [3.63, 3.8) is 0 Å². The fraction of sp³-hybridized carbons (Fsp3) is 0.909. The molecule has 1 rings (SSSR count). The van der Waals surface area contributed by atoms with E-state index in [0.717, 1.165) is 0 Å². The van der Waals surface area contributed by atoms with Gasteiger partial charge in [0.05, 0.1) is 26.2 Å². The molecule has 0 aliphatic carbocycles. The SMILES string of the molecule is CC(C)N1CC(F)(F)C[C@H]1COCCC(=O)O. The lowest BCUT2D eigenvalue weighted by molar-refractivity contribution is -0.138. The first-order valence-electron chi connectivity index (χ1n) is 5.75. The van der Waals surface area contributed by atoms with Crippen LogP contribution in [0.1, 0.15) is 26.7 Å². The van der Waals surface area contributed by atoms with Gasteiger partial charge < -0.3 is 9.84 Å². The van der Waals surface area contributed by atoms with Gasteiger partial charge in [-0.05, 0) is 13.8 Å². The molecule has 0 aromatic rings. The predicted molar refractivity (Wildman–Crippen MR) is 58.3 cm³/mol. The van der Waals surface area contributed by atoms with Crippen molar-refractivity contribution in [2.45, 2.75) is 44.7 Å². The Hall–Kier alpha value is -0.750. The van der Waals surface area contributed by atoms with E-state index in [2.05, 4.69) is 0 Å². The lowest BCUT2D eigenvalue weighted by atomic mass is 10.2. The van der Waals surface area contributed by atoms with Gasteiger partial charge in [0.2, 0.25) is 0 Å². The van der Waals surface area contributed by atoms with Crippen molar-refractivity contribution in [2.24, 2.45) is 0 Å². The van der Waals surface area contributed by atoms with Crippen LogP contribution in [0.3, 0.4) is 0 Å². The van der Waals surface area contributed by atoms with Crippen molar-refractivity contribution in [3.05, 3.63) is 0 Å². The first kappa shape index (κ1) is 14.3. The van der Waals surface area contributed by atoms with Gasteiger partial charge in [-0.15, -0.1) is 0 Å². The summed E-state index contributed by atoms with van der Waals surface area (Å²) < 4.78 is 31.6. The van der Waals surface area contributed by atoms with Gasteiger partial charge in [-0.3, -0.25) is 9.69 Å². The zero-order valence-electron chi connectivity index (χ0n) is 10.2. The van der Waals surface area contributed by atoms with Crippen LogP contribution in [0.5, 0.6) is 0 Å². The molecule has 4 nitrogen and oxygen atoms in total. The number of aliphatic carboxylic acids is 1. The first-order chi connectivity index (χ1) is 7.82. The molecule has 0 bridgehead atoms. The van der Waals surface area contributed by atoms with Gasteiger partial charge >= 0.3 is 5.97 Å². The maximum absolute atomic E-state index is 13.3. The van der Waals surface area contributed by atoms with Gasteiger partial charge in [0.1, 0.15) is 0 Å². The molecular weight excluding hydrogens is 232 g/mol. The number of ether oxygens (including phenoxy) is 1. The second-order valence-corrected chi connectivity index (χ2v) is 4.70. The molecule has 0 saturated carbocycles. The second kappa shape index (κ2) is 5.73. The Balaban J connectivity index is 2.37. The minimum Gasteiger partial charge on any atom is -0.481 e. The number of rotatable bonds is 6. The van der Waals surface area contributed by atoms with Crippen LogP contribution in [0.4, 0.5) is 8.78 Å². The molecule has 0 aromatic heterocycles. The molecule has 1 fully saturated rings. The third-order valence-corrected chi connectivity index (χ3v) is 2.85. The van der Waals surface area contributed by atoms with Crippen molar-refractivity contribution in [3.8, 4) is 0 Å². The van der Waals surface area contributed by atoms with Crippen LogP contribution in [0.25, 0.3) is 0 Å². The molecule has 1 aliphatic rings. The summed E-state index contributed by atoms with van der Waals surface area (Å²) in [5.74, 6) is -3.60. The Morgan fingerprint density at radius 2 is 2.24 bits per heavy atom. The van der Waals surface area contributed by atoms with E-state index >= 15 is 0 Å². The standard InChI is InChI=1S/C11H19F2NO3/c1-8(2)14-7-11(12,13)5-9(14)6-17-4-3-10(15)16/h8-9H,3-7H2,1-2H3,(H,15,16)/t9-/m0/s1. The van der Waals surface area contributed by atoms with Gasteiger partial charge in [-0.2, -0.15) is 0 Å². The van der Waals surface area contributed by atoms with Gasteiger partial charge in [0.25, 0.3) is 5.92 Å². The van der Waals surface area contributed by atoms with Gasteiger partial charge in [0, 0.05) is 18.5 Å². The van der Waals surface area contributed by atoms with Crippen LogP contribution in [0, 0.1) is 0 Å². The summed E-state index contributed by atoms with van der Waals surface area (Å²) in [4.78, 5) is 12.0. The van der Waals surface area contributed by atoms with E-state index < -0.39 is 11.9 Å². The van der Waals surface area contributed by atoms with E-state index in [1.807, 2.05) is 13.8 Å². The fourth-order valence-electron chi connectivity index (χ4n) is 2.06. The molecular formula is C11H19F2NO3. The van der Waals surface area contributed by atoms with Crippen molar-refractivity contribution in [1.29, 1.82) is 0 Å². The molecule has 0 radical (unpaired) electrons. The smallest absolute Gasteiger partial charge is 0.305 e. The Morgan fingerprint density at radius 1 is 1.59 bits per heavy atom. The number of alkyl halides is 2. The molecule has 0 aromatic carbocycles. The molecule has 0 spiro atoms. The van der Waals surface area contributed by atoms with E-state index in [9.17, 15) is 13.6 Å². The van der Waals surface area contributed by atoms with Crippen LogP contribution in [0.15, 0.2) is 0 Å². The van der Waals surface area contributed by atoms with Crippen LogP contribution in [0.2, 0.25) is 0 Å². The number of carboxylic acids is 1. The fourth-order valence-corrected chi connectivity index (χ4v) is 2.06. The molecule has 1 heterocycles. The summed E-state index contributed by atoms with van der Waals surface area (Å²) in [7, 11) is 0. The number of carbonyl (C=O) groups is 1. The number of halogens is 2. The van der Waals surface area contributed by atoms with Crippen LogP contribution in [-0.4, -0.2) is 53.7 Å². The van der Waals surface area contributed by atoms with Gasteiger partial charge in [0.15, 0.2) is 0 Å². The van der Waals surface area contributed by atoms with Crippen molar-refractivity contribution < 1.29 is 23.4 Å². The largest absolute Gasteiger partial charge is 0.481 e. The third-order valence-electron chi connectivity index (χ3n) is 2.85. The number of carboxylic acid groups (broad SMARTS) is 1. The molecule has 1 saturated heterocycles. The molecule has 1 atom stereocenters. The van der Waals surface area contributed by atoms with Crippen molar-refractivity contribution in [2.75, 3.05) is 19.8 Å². The highest BCUT2D eigenvalue weighted by Gasteiger charge is 2.45. The Morgan fingerprint density at radius 3 is 2.76 bits per heavy atom. The Bertz CT molecular complexity index is 271. The summed E-state index contributed by atoms with van der Waals surface area (Å²) in [6.07, 6.45) is -0.303. The molecule has 100 valence electrons. The van der Waals surface area contributed by atoms with E-state index in [4.69, 9.17) is 9.84 Å². The molecule has 0 unspecified atom stereocenters. The molecule has 1 aliphatic heterocycles. The Labute approximate surface area is 99.5 Å². The maximum Gasteiger partial charge on any atom is 0.305 e. The van der Waals surface area contributed by atoms with Crippen molar-refractivity contribution in [1.82, 2.24) is 4.90 Å². The summed E-state index contributed by atoms with van der Waals surface area (Å²) in [6.45, 7) is 3.74. The summed E-state index contributed by atoms with van der Waals surface area (Å²) in [5, 5.41) is 8.42. The molecule has 0 amide bonds. The van der Waals surface area contributed by atoms with Crippen LogP contribution < -0.4 is 0 Å².